The second-order valence-electron chi connectivity index (χ2n) is 5.88. The zero-order chi connectivity index (χ0) is 17.6. The van der Waals surface area contributed by atoms with Gasteiger partial charge >= 0.3 is 0 Å². The van der Waals surface area contributed by atoms with Gasteiger partial charge in [0.1, 0.15) is 11.3 Å². The van der Waals surface area contributed by atoms with Crippen molar-refractivity contribution in [3.63, 3.8) is 0 Å². The molecule has 5 heteroatoms. The molecule has 0 aliphatic carbocycles. The van der Waals surface area contributed by atoms with Crippen LogP contribution >= 0.6 is 0 Å². The van der Waals surface area contributed by atoms with E-state index in [4.69, 9.17) is 9.47 Å². The number of nitrogens with one attached hydrogen (secondary N) is 1. The lowest BCUT2D eigenvalue weighted by atomic mass is 10.2. The number of methoxy groups -OCH3 is 1. The highest BCUT2D eigenvalue weighted by molar-refractivity contribution is 5.90. The molecule has 0 saturated heterocycles. The van der Waals surface area contributed by atoms with Crippen molar-refractivity contribution in [2.45, 2.75) is 26.7 Å². The van der Waals surface area contributed by atoms with Crippen LogP contribution in [-0.4, -0.2) is 23.7 Å². The first kappa shape index (κ1) is 17.0. The zero-order valence-corrected chi connectivity index (χ0v) is 14.9. The smallest absolute Gasteiger partial charge is 0.213 e. The first-order valence-corrected chi connectivity index (χ1v) is 8.52. The minimum Gasteiger partial charge on any atom is -0.494 e. The maximum Gasteiger partial charge on any atom is 0.213 e. The van der Waals surface area contributed by atoms with Crippen LogP contribution in [-0.2, 0) is 0 Å². The molecule has 0 aliphatic rings. The Morgan fingerprint density at radius 2 is 1.84 bits per heavy atom. The van der Waals surface area contributed by atoms with Crippen molar-refractivity contribution in [1.82, 2.24) is 9.97 Å². The summed E-state index contributed by atoms with van der Waals surface area (Å²) in [6, 6.07) is 13.7. The average Bonchev–Trinajstić information content (AvgIpc) is 2.63. The van der Waals surface area contributed by atoms with Crippen molar-refractivity contribution in [2.24, 2.45) is 0 Å². The highest BCUT2D eigenvalue weighted by atomic mass is 16.5. The SMILES string of the molecule is CCCCOc1ccc(Nc2cc(C)nc3ccc(OC)nc23)cc1. The molecule has 2 aromatic heterocycles. The molecule has 1 aromatic carbocycles. The Balaban J connectivity index is 1.84. The fourth-order valence-corrected chi connectivity index (χ4v) is 2.56. The van der Waals surface area contributed by atoms with E-state index in [0.29, 0.717) is 5.88 Å². The van der Waals surface area contributed by atoms with Crippen molar-refractivity contribution < 1.29 is 9.47 Å². The molecule has 5 nitrogen and oxygen atoms in total. The predicted octanol–water partition coefficient (Wildman–Crippen LogP) is 4.87. The van der Waals surface area contributed by atoms with E-state index in [9.17, 15) is 0 Å². The maximum atomic E-state index is 5.70. The molecule has 0 radical (unpaired) electrons. The predicted molar refractivity (Wildman–Crippen MR) is 101 cm³/mol. The van der Waals surface area contributed by atoms with Gasteiger partial charge in [-0.1, -0.05) is 13.3 Å². The normalized spacial score (nSPS) is 10.7. The standard InChI is InChI=1S/C20H23N3O2/c1-4-5-12-25-16-8-6-15(7-9-16)22-18-13-14(2)21-17-10-11-19(24-3)23-20(17)18/h6-11,13H,4-5,12H2,1-3H3,(H,21,22). The van der Waals surface area contributed by atoms with Crippen LogP contribution in [0.3, 0.4) is 0 Å². The zero-order valence-electron chi connectivity index (χ0n) is 14.9. The summed E-state index contributed by atoms with van der Waals surface area (Å²) in [7, 11) is 1.61. The largest absolute Gasteiger partial charge is 0.494 e. The van der Waals surface area contributed by atoms with Gasteiger partial charge in [-0.25, -0.2) is 4.98 Å². The second kappa shape index (κ2) is 7.83. The first-order chi connectivity index (χ1) is 12.2. The van der Waals surface area contributed by atoms with Crippen molar-refractivity contribution in [2.75, 3.05) is 19.0 Å². The lowest BCUT2D eigenvalue weighted by Crippen LogP contribution is -1.99. The summed E-state index contributed by atoms with van der Waals surface area (Å²) in [5.41, 5.74) is 4.43. The van der Waals surface area contributed by atoms with E-state index < -0.39 is 0 Å². The number of aryl methyl sites for hydroxylation is 1. The number of unbranched alkanes of at least 4 members (excludes halogenated alkanes) is 1. The topological polar surface area (TPSA) is 56.3 Å². The van der Waals surface area contributed by atoms with Crippen LogP contribution < -0.4 is 14.8 Å². The molecule has 0 aliphatic heterocycles. The summed E-state index contributed by atoms with van der Waals surface area (Å²) < 4.78 is 10.9. The summed E-state index contributed by atoms with van der Waals surface area (Å²) in [6.45, 7) is 4.88. The van der Waals surface area contributed by atoms with Gasteiger partial charge in [0.25, 0.3) is 0 Å². The number of anilines is 2. The van der Waals surface area contributed by atoms with Crippen LogP contribution in [0.25, 0.3) is 11.0 Å². The molecule has 3 rings (SSSR count). The molecule has 3 aromatic rings. The van der Waals surface area contributed by atoms with Gasteiger partial charge in [-0.15, -0.1) is 0 Å². The van der Waals surface area contributed by atoms with E-state index in [0.717, 1.165) is 53.3 Å². The van der Waals surface area contributed by atoms with Crippen molar-refractivity contribution in [3.8, 4) is 11.6 Å². The molecule has 0 spiro atoms. The van der Waals surface area contributed by atoms with Gasteiger partial charge in [-0.05, 0) is 49.7 Å². The fourth-order valence-electron chi connectivity index (χ4n) is 2.56. The Bertz CT molecular complexity index is 847. The minimum absolute atomic E-state index is 0.570. The molecule has 130 valence electrons. The highest BCUT2D eigenvalue weighted by Crippen LogP contribution is 2.27. The molecular weight excluding hydrogens is 314 g/mol. The van der Waals surface area contributed by atoms with Gasteiger partial charge in [-0.3, -0.25) is 4.98 Å². The molecule has 0 saturated carbocycles. The fraction of sp³-hybridized carbons (Fsp3) is 0.300. The molecule has 0 fully saturated rings. The van der Waals surface area contributed by atoms with Crippen molar-refractivity contribution in [1.29, 1.82) is 0 Å². The van der Waals surface area contributed by atoms with Gasteiger partial charge in [0.2, 0.25) is 5.88 Å². The van der Waals surface area contributed by atoms with Gasteiger partial charge < -0.3 is 14.8 Å². The number of aromatic nitrogens is 2. The number of ether oxygens (including phenoxy) is 2. The number of fused-ring (bicyclic) bond motifs is 1. The Hall–Kier alpha value is -2.82. The highest BCUT2D eigenvalue weighted by Gasteiger charge is 2.08. The molecule has 1 N–H and O–H groups in total. The Kier molecular flexibility index (Phi) is 5.33. The van der Waals surface area contributed by atoms with E-state index in [1.807, 2.05) is 49.4 Å². The Morgan fingerprint density at radius 1 is 1.04 bits per heavy atom. The summed E-state index contributed by atoms with van der Waals surface area (Å²) in [6.07, 6.45) is 2.19. The van der Waals surface area contributed by atoms with Crippen LogP contribution in [0.2, 0.25) is 0 Å². The molecule has 0 atom stereocenters. The molecule has 2 heterocycles. The molecule has 25 heavy (non-hydrogen) atoms. The third-order valence-electron chi connectivity index (χ3n) is 3.86. The average molecular weight is 337 g/mol. The lowest BCUT2D eigenvalue weighted by Gasteiger charge is -2.12. The monoisotopic (exact) mass is 337 g/mol. The summed E-state index contributed by atoms with van der Waals surface area (Å²) in [5, 5.41) is 3.42. The van der Waals surface area contributed by atoms with Gasteiger partial charge in [0, 0.05) is 17.4 Å². The summed E-state index contributed by atoms with van der Waals surface area (Å²) >= 11 is 0. The minimum atomic E-state index is 0.570. The molecular formula is C20H23N3O2. The summed E-state index contributed by atoms with van der Waals surface area (Å²) in [4.78, 5) is 9.06. The number of hydrogen-bond acceptors (Lipinski definition) is 5. The Labute approximate surface area is 148 Å². The number of rotatable bonds is 7. The Morgan fingerprint density at radius 3 is 2.56 bits per heavy atom. The van der Waals surface area contributed by atoms with Crippen LogP contribution in [0.1, 0.15) is 25.5 Å². The number of hydrogen-bond donors (Lipinski definition) is 1. The van der Waals surface area contributed by atoms with Crippen LogP contribution in [0.15, 0.2) is 42.5 Å². The number of benzene rings is 1. The lowest BCUT2D eigenvalue weighted by molar-refractivity contribution is 0.309. The number of pyridine rings is 2. The molecule has 0 amide bonds. The third-order valence-corrected chi connectivity index (χ3v) is 3.86. The van der Waals surface area contributed by atoms with Gasteiger partial charge in [-0.2, -0.15) is 0 Å². The number of nitrogens with zero attached hydrogens (tertiary/aromatic N) is 2. The third kappa shape index (κ3) is 4.18. The quantitative estimate of drug-likeness (QED) is 0.623. The van der Waals surface area contributed by atoms with E-state index >= 15 is 0 Å². The molecule has 0 bridgehead atoms. The van der Waals surface area contributed by atoms with Gasteiger partial charge in [0.05, 0.1) is 24.9 Å². The van der Waals surface area contributed by atoms with Crippen LogP contribution in [0.4, 0.5) is 11.4 Å². The van der Waals surface area contributed by atoms with E-state index in [1.54, 1.807) is 7.11 Å². The van der Waals surface area contributed by atoms with E-state index in [-0.39, 0.29) is 0 Å². The maximum absolute atomic E-state index is 5.70. The van der Waals surface area contributed by atoms with E-state index in [1.165, 1.54) is 0 Å². The van der Waals surface area contributed by atoms with Gasteiger partial charge in [0.15, 0.2) is 0 Å². The first-order valence-electron chi connectivity index (χ1n) is 8.52. The van der Waals surface area contributed by atoms with Crippen molar-refractivity contribution >= 4 is 22.4 Å². The summed E-state index contributed by atoms with van der Waals surface area (Å²) in [5.74, 6) is 1.45. The van der Waals surface area contributed by atoms with Crippen LogP contribution in [0, 0.1) is 6.92 Å². The molecule has 0 unspecified atom stereocenters. The van der Waals surface area contributed by atoms with Crippen LogP contribution in [0.5, 0.6) is 11.6 Å². The van der Waals surface area contributed by atoms with Crippen molar-refractivity contribution in [3.05, 3.63) is 48.2 Å². The second-order valence-corrected chi connectivity index (χ2v) is 5.88. The van der Waals surface area contributed by atoms with E-state index in [2.05, 4.69) is 22.2 Å².